The average Bonchev–Trinajstić information content (AvgIpc) is 2.82. The summed E-state index contributed by atoms with van der Waals surface area (Å²) in [6.45, 7) is 3.70. The molecule has 1 N–H and O–H groups in total. The average molecular weight is 510 g/mol. The van der Waals surface area contributed by atoms with Gasteiger partial charge in [0.05, 0.1) is 22.3 Å². The van der Waals surface area contributed by atoms with Crippen molar-refractivity contribution in [3.8, 4) is 5.69 Å². The fourth-order valence-corrected chi connectivity index (χ4v) is 4.54. The van der Waals surface area contributed by atoms with Crippen LogP contribution in [0.2, 0.25) is 5.02 Å². The maximum absolute atomic E-state index is 13.5. The zero-order chi connectivity index (χ0) is 25.1. The molecule has 4 rings (SSSR count). The maximum Gasteiger partial charge on any atom is 0.266 e. The Morgan fingerprint density at radius 2 is 1.80 bits per heavy atom. The molecule has 0 bridgehead atoms. The Kier molecular flexibility index (Phi) is 7.33. The summed E-state index contributed by atoms with van der Waals surface area (Å²) in [5.74, 6) is -0.923. The molecule has 0 saturated carbocycles. The van der Waals surface area contributed by atoms with Crippen molar-refractivity contribution in [2.24, 2.45) is 0 Å². The Morgan fingerprint density at radius 3 is 2.49 bits per heavy atom. The van der Waals surface area contributed by atoms with Crippen molar-refractivity contribution in [3.63, 3.8) is 0 Å². The van der Waals surface area contributed by atoms with E-state index in [4.69, 9.17) is 11.6 Å². The number of halogens is 2. The van der Waals surface area contributed by atoms with Gasteiger partial charge in [0.25, 0.3) is 11.5 Å². The Labute approximate surface area is 210 Å². The molecular formula is C26H21ClFN3O3S. The molecule has 1 aromatic heterocycles. The van der Waals surface area contributed by atoms with E-state index in [1.165, 1.54) is 28.8 Å². The summed E-state index contributed by atoms with van der Waals surface area (Å²) < 4.78 is 14.9. The molecule has 0 aliphatic carbocycles. The van der Waals surface area contributed by atoms with Crippen molar-refractivity contribution < 1.29 is 14.0 Å². The molecule has 0 unspecified atom stereocenters. The minimum absolute atomic E-state index is 0.00693. The number of carbonyl (C=O) groups is 2. The van der Waals surface area contributed by atoms with Crippen LogP contribution in [-0.4, -0.2) is 33.0 Å². The summed E-state index contributed by atoms with van der Waals surface area (Å²) in [6.07, 6.45) is 0. The normalized spacial score (nSPS) is 11.1. The highest BCUT2D eigenvalue weighted by atomic mass is 35.5. The molecule has 35 heavy (non-hydrogen) atoms. The zero-order valence-electron chi connectivity index (χ0n) is 18.9. The lowest BCUT2D eigenvalue weighted by Crippen LogP contribution is -2.30. The number of nitrogens with zero attached hydrogens (tertiary/aromatic N) is 2. The minimum Gasteiger partial charge on any atom is -0.350 e. The van der Waals surface area contributed by atoms with Gasteiger partial charge in [-0.3, -0.25) is 19.0 Å². The Bertz CT molecular complexity index is 1490. The first kappa shape index (κ1) is 24.6. The van der Waals surface area contributed by atoms with E-state index < -0.39 is 11.4 Å². The highest BCUT2D eigenvalue weighted by Crippen LogP contribution is 2.24. The van der Waals surface area contributed by atoms with Gasteiger partial charge < -0.3 is 5.32 Å². The molecular weight excluding hydrogens is 489 g/mol. The van der Waals surface area contributed by atoms with Crippen LogP contribution in [0.5, 0.6) is 0 Å². The van der Waals surface area contributed by atoms with Crippen LogP contribution < -0.4 is 10.9 Å². The van der Waals surface area contributed by atoms with Crippen LogP contribution in [0.3, 0.4) is 0 Å². The SMILES string of the molecule is CC(C)NC(=O)c1ccc2c(=O)n(-c3ccc(F)cc3)c(SCC(=O)c3cccc(Cl)c3)nc2c1. The summed E-state index contributed by atoms with van der Waals surface area (Å²) in [4.78, 5) is 43.3. The highest BCUT2D eigenvalue weighted by Gasteiger charge is 2.17. The predicted octanol–water partition coefficient (Wildman–Crippen LogP) is 5.29. The van der Waals surface area contributed by atoms with E-state index in [1.807, 2.05) is 13.8 Å². The molecule has 1 heterocycles. The van der Waals surface area contributed by atoms with Crippen molar-refractivity contribution in [1.29, 1.82) is 0 Å². The van der Waals surface area contributed by atoms with Crippen LogP contribution in [-0.2, 0) is 0 Å². The summed E-state index contributed by atoms with van der Waals surface area (Å²) >= 11 is 7.08. The third-order valence-corrected chi connectivity index (χ3v) is 6.26. The largest absolute Gasteiger partial charge is 0.350 e. The monoisotopic (exact) mass is 509 g/mol. The Balaban J connectivity index is 1.78. The number of thioether (sulfide) groups is 1. The van der Waals surface area contributed by atoms with E-state index in [1.54, 1.807) is 42.5 Å². The number of hydrogen-bond acceptors (Lipinski definition) is 5. The van der Waals surface area contributed by atoms with E-state index >= 15 is 0 Å². The molecule has 0 atom stereocenters. The van der Waals surface area contributed by atoms with E-state index in [0.29, 0.717) is 32.7 Å². The van der Waals surface area contributed by atoms with Crippen molar-refractivity contribution >= 4 is 46.0 Å². The lowest BCUT2D eigenvalue weighted by atomic mass is 10.1. The molecule has 0 radical (unpaired) electrons. The number of nitrogens with one attached hydrogen (secondary N) is 1. The second-order valence-electron chi connectivity index (χ2n) is 8.09. The number of carbonyl (C=O) groups excluding carboxylic acids is 2. The molecule has 0 saturated heterocycles. The van der Waals surface area contributed by atoms with Crippen molar-refractivity contribution in [1.82, 2.24) is 14.9 Å². The Morgan fingerprint density at radius 1 is 1.06 bits per heavy atom. The number of fused-ring (bicyclic) bond motifs is 1. The molecule has 0 spiro atoms. The second kappa shape index (κ2) is 10.4. The van der Waals surface area contributed by atoms with Crippen LogP contribution in [0, 0.1) is 5.82 Å². The third-order valence-electron chi connectivity index (χ3n) is 5.08. The summed E-state index contributed by atoms with van der Waals surface area (Å²) in [5.41, 5.74) is 1.14. The fraction of sp³-hybridized carbons (Fsp3) is 0.154. The lowest BCUT2D eigenvalue weighted by Gasteiger charge is -2.14. The fourth-order valence-electron chi connectivity index (χ4n) is 3.44. The predicted molar refractivity (Wildman–Crippen MR) is 136 cm³/mol. The molecule has 4 aromatic rings. The van der Waals surface area contributed by atoms with E-state index in [-0.39, 0.29) is 28.6 Å². The summed E-state index contributed by atoms with van der Waals surface area (Å²) in [7, 11) is 0. The van der Waals surface area contributed by atoms with Crippen LogP contribution in [0.1, 0.15) is 34.6 Å². The van der Waals surface area contributed by atoms with Crippen LogP contribution in [0.15, 0.2) is 76.7 Å². The molecule has 0 aliphatic heterocycles. The van der Waals surface area contributed by atoms with Gasteiger partial charge in [0.1, 0.15) is 5.82 Å². The molecule has 6 nitrogen and oxygen atoms in total. The molecule has 0 aliphatic rings. The van der Waals surface area contributed by atoms with E-state index in [0.717, 1.165) is 11.8 Å². The number of amides is 1. The lowest BCUT2D eigenvalue weighted by molar-refractivity contribution is 0.0942. The van der Waals surface area contributed by atoms with Gasteiger partial charge in [0, 0.05) is 22.2 Å². The summed E-state index contributed by atoms with van der Waals surface area (Å²) in [6, 6.07) is 16.6. The number of benzene rings is 3. The first-order chi connectivity index (χ1) is 16.7. The van der Waals surface area contributed by atoms with Crippen molar-refractivity contribution in [2.75, 3.05) is 5.75 Å². The van der Waals surface area contributed by atoms with Crippen LogP contribution in [0.25, 0.3) is 16.6 Å². The standard InChI is InChI=1S/C26H21ClFN3O3S/c1-15(2)29-24(33)17-6-11-21-22(13-17)30-26(31(25(21)34)20-9-7-19(28)8-10-20)35-14-23(32)16-4-3-5-18(27)12-16/h3-13,15H,14H2,1-2H3,(H,29,33). The Hall–Kier alpha value is -3.49. The van der Waals surface area contributed by atoms with Crippen LogP contribution in [0.4, 0.5) is 4.39 Å². The number of rotatable bonds is 7. The van der Waals surface area contributed by atoms with Crippen LogP contribution >= 0.6 is 23.4 Å². The summed E-state index contributed by atoms with van der Waals surface area (Å²) in [5, 5.41) is 3.79. The highest BCUT2D eigenvalue weighted by molar-refractivity contribution is 7.99. The number of Topliss-reactive ketones (excluding diaryl/α,β-unsaturated/α-hetero) is 1. The third kappa shape index (κ3) is 5.61. The topological polar surface area (TPSA) is 81.1 Å². The van der Waals surface area contributed by atoms with E-state index in [2.05, 4.69) is 10.3 Å². The quantitative estimate of drug-likeness (QED) is 0.208. The number of hydrogen-bond donors (Lipinski definition) is 1. The van der Waals surface area contributed by atoms with Gasteiger partial charge in [-0.05, 0) is 68.4 Å². The van der Waals surface area contributed by atoms with Crippen molar-refractivity contribution in [3.05, 3.63) is 99.1 Å². The number of aromatic nitrogens is 2. The zero-order valence-corrected chi connectivity index (χ0v) is 20.5. The van der Waals surface area contributed by atoms with Gasteiger partial charge in [0.15, 0.2) is 10.9 Å². The smallest absolute Gasteiger partial charge is 0.266 e. The molecule has 0 fully saturated rings. The van der Waals surface area contributed by atoms with Gasteiger partial charge in [-0.2, -0.15) is 0 Å². The molecule has 1 amide bonds. The van der Waals surface area contributed by atoms with Crippen molar-refractivity contribution in [2.45, 2.75) is 25.0 Å². The molecule has 9 heteroatoms. The number of ketones is 1. The first-order valence-corrected chi connectivity index (χ1v) is 12.1. The minimum atomic E-state index is -0.443. The first-order valence-electron chi connectivity index (χ1n) is 10.8. The van der Waals surface area contributed by atoms with Gasteiger partial charge in [0.2, 0.25) is 0 Å². The van der Waals surface area contributed by atoms with Gasteiger partial charge in [-0.25, -0.2) is 9.37 Å². The molecule has 178 valence electrons. The second-order valence-corrected chi connectivity index (χ2v) is 9.47. The van der Waals surface area contributed by atoms with E-state index in [9.17, 15) is 18.8 Å². The van der Waals surface area contributed by atoms with Gasteiger partial charge >= 0.3 is 0 Å². The van der Waals surface area contributed by atoms with Gasteiger partial charge in [-0.15, -0.1) is 0 Å². The maximum atomic E-state index is 13.5. The van der Waals surface area contributed by atoms with Gasteiger partial charge in [-0.1, -0.05) is 35.5 Å². The molecule has 3 aromatic carbocycles.